The van der Waals surface area contributed by atoms with E-state index in [0.29, 0.717) is 5.92 Å². The van der Waals surface area contributed by atoms with Gasteiger partial charge in [0.1, 0.15) is 0 Å². The van der Waals surface area contributed by atoms with Crippen molar-refractivity contribution in [2.24, 2.45) is 11.8 Å². The second-order valence-corrected chi connectivity index (χ2v) is 3.55. The zero-order chi connectivity index (χ0) is 8.85. The first kappa shape index (κ1) is 10.9. The second-order valence-electron chi connectivity index (χ2n) is 3.55. The summed E-state index contributed by atoms with van der Waals surface area (Å²) in [7, 11) is 0. The Morgan fingerprint density at radius 3 is 2.09 bits per heavy atom. The van der Waals surface area contributed by atoms with Gasteiger partial charge in [-0.15, -0.1) is 0 Å². The maximum atomic E-state index is 9.32. The summed E-state index contributed by atoms with van der Waals surface area (Å²) in [4.78, 5) is 0. The quantitative estimate of drug-likeness (QED) is 0.638. The average Bonchev–Trinajstić information content (AvgIpc) is 1.98. The second kappa shape index (κ2) is 5.56. The Balaban J connectivity index is 3.74. The molecule has 11 heavy (non-hydrogen) atoms. The van der Waals surface area contributed by atoms with Crippen LogP contribution in [-0.2, 0) is 0 Å². The molecule has 0 amide bonds. The smallest absolute Gasteiger partial charge is 0.0799 e. The summed E-state index contributed by atoms with van der Waals surface area (Å²) in [5.41, 5.74) is 0. The van der Waals surface area contributed by atoms with Crippen LogP contribution in [0, 0.1) is 11.8 Å². The molecule has 0 spiro atoms. The minimum Gasteiger partial charge on any atom is -0.394 e. The molecule has 2 atom stereocenters. The van der Waals surface area contributed by atoms with Gasteiger partial charge in [-0.05, 0) is 18.3 Å². The zero-order valence-electron chi connectivity index (χ0n) is 7.75. The van der Waals surface area contributed by atoms with E-state index in [1.165, 1.54) is 0 Å². The Kier molecular flexibility index (Phi) is 5.51. The van der Waals surface area contributed by atoms with E-state index in [4.69, 9.17) is 5.11 Å². The largest absolute Gasteiger partial charge is 0.394 e. The van der Waals surface area contributed by atoms with Crippen LogP contribution in [0.3, 0.4) is 0 Å². The molecule has 0 aromatic rings. The highest BCUT2D eigenvalue weighted by Crippen LogP contribution is 2.18. The van der Waals surface area contributed by atoms with Gasteiger partial charge in [0.15, 0.2) is 0 Å². The lowest BCUT2D eigenvalue weighted by atomic mass is 9.90. The van der Waals surface area contributed by atoms with Crippen molar-refractivity contribution in [2.75, 3.05) is 6.61 Å². The van der Waals surface area contributed by atoms with E-state index in [9.17, 15) is 5.11 Å². The summed E-state index contributed by atoms with van der Waals surface area (Å²) in [6.07, 6.45) is 1.42. The molecule has 0 aliphatic heterocycles. The summed E-state index contributed by atoms with van der Waals surface area (Å²) in [5.74, 6) is 0.862. The average molecular weight is 160 g/mol. The summed E-state index contributed by atoms with van der Waals surface area (Å²) in [5, 5.41) is 18.0. The summed E-state index contributed by atoms with van der Waals surface area (Å²) in [6, 6.07) is 0. The van der Waals surface area contributed by atoms with Crippen LogP contribution >= 0.6 is 0 Å². The number of aliphatic hydroxyl groups excluding tert-OH is 2. The Bertz CT molecular complexity index is 91.6. The van der Waals surface area contributed by atoms with Crippen LogP contribution < -0.4 is 0 Å². The molecule has 0 aliphatic carbocycles. The van der Waals surface area contributed by atoms with Crippen LogP contribution in [0.15, 0.2) is 0 Å². The van der Waals surface area contributed by atoms with Crippen molar-refractivity contribution in [2.45, 2.75) is 39.7 Å². The van der Waals surface area contributed by atoms with Gasteiger partial charge in [-0.2, -0.15) is 0 Å². The Morgan fingerprint density at radius 1 is 1.27 bits per heavy atom. The van der Waals surface area contributed by atoms with Crippen molar-refractivity contribution in [3.63, 3.8) is 0 Å². The predicted octanol–water partition coefficient (Wildman–Crippen LogP) is 1.41. The van der Waals surface area contributed by atoms with E-state index in [1.807, 2.05) is 6.92 Å². The van der Waals surface area contributed by atoms with Gasteiger partial charge in [0.25, 0.3) is 0 Å². The molecule has 0 unspecified atom stereocenters. The van der Waals surface area contributed by atoms with Crippen molar-refractivity contribution in [1.82, 2.24) is 0 Å². The van der Waals surface area contributed by atoms with Crippen LogP contribution in [0.2, 0.25) is 0 Å². The highest BCUT2D eigenvalue weighted by Gasteiger charge is 2.17. The third kappa shape index (κ3) is 4.38. The zero-order valence-corrected chi connectivity index (χ0v) is 7.75. The molecule has 0 rings (SSSR count). The Hall–Kier alpha value is -0.0800. The standard InChI is InChI=1S/C9H20O2/c1-4-8(5-7(2)3)9(11)6-10/h7-11H,4-6H2,1-3H3/t8-,9-/m1/s1. The fourth-order valence-electron chi connectivity index (χ4n) is 1.35. The molecule has 0 bridgehead atoms. The van der Waals surface area contributed by atoms with Gasteiger partial charge in [-0.25, -0.2) is 0 Å². The first-order chi connectivity index (χ1) is 5.11. The van der Waals surface area contributed by atoms with Gasteiger partial charge in [0, 0.05) is 0 Å². The summed E-state index contributed by atoms with van der Waals surface area (Å²) in [6.45, 7) is 6.21. The highest BCUT2D eigenvalue weighted by molar-refractivity contribution is 4.67. The van der Waals surface area contributed by atoms with Crippen molar-refractivity contribution in [3.8, 4) is 0 Å². The third-order valence-electron chi connectivity index (χ3n) is 2.03. The summed E-state index contributed by atoms with van der Waals surface area (Å²) >= 11 is 0. The molecule has 68 valence electrons. The van der Waals surface area contributed by atoms with Crippen LogP contribution in [0.5, 0.6) is 0 Å². The number of hydrogen-bond acceptors (Lipinski definition) is 2. The number of hydrogen-bond donors (Lipinski definition) is 2. The molecule has 2 nitrogen and oxygen atoms in total. The Morgan fingerprint density at radius 2 is 1.82 bits per heavy atom. The van der Waals surface area contributed by atoms with Crippen molar-refractivity contribution in [1.29, 1.82) is 0 Å². The van der Waals surface area contributed by atoms with Gasteiger partial charge >= 0.3 is 0 Å². The molecule has 0 aliphatic rings. The molecule has 2 N–H and O–H groups in total. The van der Waals surface area contributed by atoms with Crippen LogP contribution in [-0.4, -0.2) is 22.9 Å². The van der Waals surface area contributed by atoms with Gasteiger partial charge in [-0.3, -0.25) is 0 Å². The van der Waals surface area contributed by atoms with Gasteiger partial charge in [-0.1, -0.05) is 27.2 Å². The van der Waals surface area contributed by atoms with E-state index in [2.05, 4.69) is 13.8 Å². The van der Waals surface area contributed by atoms with Gasteiger partial charge in [0.05, 0.1) is 12.7 Å². The molecular weight excluding hydrogens is 140 g/mol. The normalized spacial score (nSPS) is 16.9. The molecular formula is C9H20O2. The van der Waals surface area contributed by atoms with Gasteiger partial charge < -0.3 is 10.2 Å². The predicted molar refractivity (Wildman–Crippen MR) is 46.3 cm³/mol. The minimum absolute atomic E-state index is 0.106. The van der Waals surface area contributed by atoms with Crippen LogP contribution in [0.25, 0.3) is 0 Å². The SMILES string of the molecule is CC[C@H](CC(C)C)[C@H](O)CO. The van der Waals surface area contributed by atoms with Crippen molar-refractivity contribution < 1.29 is 10.2 Å². The van der Waals surface area contributed by atoms with E-state index >= 15 is 0 Å². The molecule has 0 fully saturated rings. The van der Waals surface area contributed by atoms with Crippen LogP contribution in [0.1, 0.15) is 33.6 Å². The maximum absolute atomic E-state index is 9.32. The van der Waals surface area contributed by atoms with E-state index in [-0.39, 0.29) is 12.5 Å². The molecule has 0 saturated carbocycles. The molecule has 0 aromatic heterocycles. The lowest BCUT2D eigenvalue weighted by molar-refractivity contribution is 0.0375. The number of rotatable bonds is 5. The van der Waals surface area contributed by atoms with E-state index in [1.54, 1.807) is 0 Å². The highest BCUT2D eigenvalue weighted by atomic mass is 16.3. The lowest BCUT2D eigenvalue weighted by Gasteiger charge is -2.21. The fraction of sp³-hybridized carbons (Fsp3) is 1.00. The van der Waals surface area contributed by atoms with Crippen LogP contribution in [0.4, 0.5) is 0 Å². The fourth-order valence-corrected chi connectivity index (χ4v) is 1.35. The topological polar surface area (TPSA) is 40.5 Å². The maximum Gasteiger partial charge on any atom is 0.0799 e. The van der Waals surface area contributed by atoms with E-state index in [0.717, 1.165) is 12.8 Å². The van der Waals surface area contributed by atoms with Crippen molar-refractivity contribution >= 4 is 0 Å². The monoisotopic (exact) mass is 160 g/mol. The first-order valence-electron chi connectivity index (χ1n) is 4.40. The first-order valence-corrected chi connectivity index (χ1v) is 4.40. The molecule has 0 aromatic carbocycles. The third-order valence-corrected chi connectivity index (χ3v) is 2.03. The van der Waals surface area contributed by atoms with Gasteiger partial charge in [0.2, 0.25) is 0 Å². The molecule has 0 radical (unpaired) electrons. The molecule has 2 heteroatoms. The summed E-state index contributed by atoms with van der Waals surface area (Å²) < 4.78 is 0. The molecule has 0 saturated heterocycles. The number of aliphatic hydroxyl groups is 2. The Labute approximate surface area is 69.2 Å². The lowest BCUT2D eigenvalue weighted by Crippen LogP contribution is -2.24. The molecule has 0 heterocycles. The minimum atomic E-state index is -0.526. The van der Waals surface area contributed by atoms with Crippen molar-refractivity contribution in [3.05, 3.63) is 0 Å². The van der Waals surface area contributed by atoms with E-state index < -0.39 is 6.10 Å².